The minimum absolute atomic E-state index is 0.0852. The number of hydrogen-bond donors (Lipinski definition) is 5. The van der Waals surface area contributed by atoms with E-state index in [1.54, 1.807) is 0 Å². The van der Waals surface area contributed by atoms with Crippen LogP contribution in [0.3, 0.4) is 0 Å². The second-order valence-corrected chi connectivity index (χ2v) is 5.36. The number of aliphatic hydroxyl groups is 1. The zero-order valence-electron chi connectivity index (χ0n) is 13.8. The Bertz CT molecular complexity index is 642. The number of nitrogens with zero attached hydrogens (tertiary/aromatic N) is 2. The quantitative estimate of drug-likeness (QED) is 0.407. The molecule has 0 aromatic heterocycles. The summed E-state index contributed by atoms with van der Waals surface area (Å²) in [6, 6.07) is 7.59. The summed E-state index contributed by atoms with van der Waals surface area (Å²) in [6.07, 6.45) is 2.48. The molecular weight excluding hydrogens is 324 g/mol. The monoisotopic (exact) mass is 346 g/mol. The molecule has 1 aliphatic rings. The first-order valence-electron chi connectivity index (χ1n) is 8.03. The Kier molecular flexibility index (Phi) is 7.39. The molecular formula is C16H22N6O3. The summed E-state index contributed by atoms with van der Waals surface area (Å²) in [5, 5.41) is 21.9. The molecule has 0 unspecified atom stereocenters. The van der Waals surface area contributed by atoms with Gasteiger partial charge in [0.05, 0.1) is 6.61 Å². The van der Waals surface area contributed by atoms with Crippen LogP contribution < -0.4 is 21.5 Å². The van der Waals surface area contributed by atoms with Crippen molar-refractivity contribution in [2.75, 3.05) is 13.2 Å². The second-order valence-electron chi connectivity index (χ2n) is 5.36. The van der Waals surface area contributed by atoms with Crippen molar-refractivity contribution in [3.63, 3.8) is 0 Å². The Morgan fingerprint density at radius 3 is 2.44 bits per heavy atom. The number of nitrogens with one attached hydrogen (secondary N) is 4. The van der Waals surface area contributed by atoms with Gasteiger partial charge in [-0.1, -0.05) is 24.3 Å². The van der Waals surface area contributed by atoms with Crippen LogP contribution in [0, 0.1) is 0 Å². The van der Waals surface area contributed by atoms with Gasteiger partial charge in [-0.05, 0) is 12.0 Å². The van der Waals surface area contributed by atoms with Gasteiger partial charge in [-0.25, -0.2) is 0 Å². The summed E-state index contributed by atoms with van der Waals surface area (Å²) < 4.78 is 0. The average molecular weight is 346 g/mol. The van der Waals surface area contributed by atoms with E-state index in [-0.39, 0.29) is 37.8 Å². The van der Waals surface area contributed by atoms with Crippen molar-refractivity contribution in [2.24, 2.45) is 10.2 Å². The number of hydrogen-bond acceptors (Lipinski definition) is 7. The number of amidine groups is 1. The summed E-state index contributed by atoms with van der Waals surface area (Å²) in [5.41, 5.74) is 7.30. The maximum Gasteiger partial charge on any atom is 0.220 e. The van der Waals surface area contributed by atoms with Crippen molar-refractivity contribution in [3.8, 4) is 0 Å². The summed E-state index contributed by atoms with van der Waals surface area (Å²) in [6.45, 7) is 0.579. The van der Waals surface area contributed by atoms with E-state index in [4.69, 9.17) is 5.11 Å². The molecule has 1 aromatic rings. The summed E-state index contributed by atoms with van der Waals surface area (Å²) in [4.78, 5) is 23.1. The number of rotatable bonds is 9. The van der Waals surface area contributed by atoms with E-state index >= 15 is 0 Å². The molecule has 0 radical (unpaired) electrons. The molecule has 5 N–H and O–H groups in total. The first kappa shape index (κ1) is 18.4. The molecule has 0 aliphatic carbocycles. The highest BCUT2D eigenvalue weighted by atomic mass is 16.3. The molecule has 9 nitrogen and oxygen atoms in total. The molecule has 25 heavy (non-hydrogen) atoms. The van der Waals surface area contributed by atoms with Crippen molar-refractivity contribution in [2.45, 2.75) is 25.8 Å². The Morgan fingerprint density at radius 1 is 1.08 bits per heavy atom. The standard InChI is InChI=1S/C16H22N6O3/c23-9-8-17-14(24)2-1-3-15(25)18-10-12-4-6-13(7-5-12)16-21-19-11-20-22-16/h4-7,11,23H,1-3,8-10H2,(H,17,24)(H,18,25)(H,19,20)(H,21,22). The van der Waals surface area contributed by atoms with Gasteiger partial charge in [0, 0.05) is 31.5 Å². The molecule has 1 aliphatic heterocycles. The van der Waals surface area contributed by atoms with E-state index in [2.05, 4.69) is 31.7 Å². The van der Waals surface area contributed by atoms with Crippen LogP contribution in [0.15, 0.2) is 34.5 Å². The zero-order chi connectivity index (χ0) is 17.9. The number of hydrazone groups is 2. The highest BCUT2D eigenvalue weighted by molar-refractivity contribution is 5.99. The van der Waals surface area contributed by atoms with Crippen LogP contribution in [0.2, 0.25) is 0 Å². The smallest absolute Gasteiger partial charge is 0.220 e. The van der Waals surface area contributed by atoms with Gasteiger partial charge < -0.3 is 15.7 Å². The Balaban J connectivity index is 1.67. The van der Waals surface area contributed by atoms with Crippen LogP contribution >= 0.6 is 0 Å². The largest absolute Gasteiger partial charge is 0.395 e. The van der Waals surface area contributed by atoms with E-state index in [1.165, 1.54) is 6.34 Å². The molecule has 1 heterocycles. The van der Waals surface area contributed by atoms with Gasteiger partial charge in [-0.3, -0.25) is 20.4 Å². The third-order valence-corrected chi connectivity index (χ3v) is 3.43. The lowest BCUT2D eigenvalue weighted by molar-refractivity contribution is -0.122. The highest BCUT2D eigenvalue weighted by Crippen LogP contribution is 2.06. The number of amides is 2. The van der Waals surface area contributed by atoms with E-state index in [9.17, 15) is 9.59 Å². The predicted molar refractivity (Wildman–Crippen MR) is 93.5 cm³/mol. The van der Waals surface area contributed by atoms with E-state index in [0.717, 1.165) is 11.1 Å². The third kappa shape index (κ3) is 6.60. The van der Waals surface area contributed by atoms with Crippen molar-refractivity contribution in [1.29, 1.82) is 0 Å². The summed E-state index contributed by atoms with van der Waals surface area (Å²) in [7, 11) is 0. The van der Waals surface area contributed by atoms with Crippen molar-refractivity contribution in [3.05, 3.63) is 35.4 Å². The predicted octanol–water partition coefficient (Wildman–Crippen LogP) is -0.621. The Labute approximate surface area is 145 Å². The number of carbonyl (C=O) groups excluding carboxylic acids is 2. The molecule has 9 heteroatoms. The maximum absolute atomic E-state index is 11.8. The number of benzene rings is 1. The third-order valence-electron chi connectivity index (χ3n) is 3.43. The summed E-state index contributed by atoms with van der Waals surface area (Å²) in [5.74, 6) is 0.365. The van der Waals surface area contributed by atoms with E-state index in [0.29, 0.717) is 18.8 Å². The normalized spacial score (nSPS) is 12.6. The van der Waals surface area contributed by atoms with Gasteiger partial charge in [0.1, 0.15) is 6.34 Å². The molecule has 0 atom stereocenters. The molecule has 134 valence electrons. The van der Waals surface area contributed by atoms with Gasteiger partial charge in [-0.15, -0.1) is 0 Å². The van der Waals surface area contributed by atoms with E-state index in [1.807, 2.05) is 24.3 Å². The summed E-state index contributed by atoms with van der Waals surface area (Å²) >= 11 is 0. The molecule has 1 aromatic carbocycles. The first-order chi connectivity index (χ1) is 12.2. The first-order valence-corrected chi connectivity index (χ1v) is 8.03. The van der Waals surface area contributed by atoms with Crippen LogP contribution in [0.25, 0.3) is 0 Å². The molecule has 2 rings (SSSR count). The van der Waals surface area contributed by atoms with Crippen LogP contribution in [0.1, 0.15) is 30.4 Å². The topological polar surface area (TPSA) is 127 Å². The fraction of sp³-hybridized carbons (Fsp3) is 0.375. The van der Waals surface area contributed by atoms with Gasteiger partial charge >= 0.3 is 0 Å². The molecule has 2 amide bonds. The van der Waals surface area contributed by atoms with Crippen LogP contribution in [0.4, 0.5) is 0 Å². The Morgan fingerprint density at radius 2 is 1.80 bits per heavy atom. The molecule has 0 bridgehead atoms. The minimum Gasteiger partial charge on any atom is -0.395 e. The Hall–Kier alpha value is -2.94. The SMILES string of the molecule is O=C(CCCC(=O)NCc1ccc(C2=NNC=NN2)cc1)NCCO. The molecule has 0 saturated heterocycles. The zero-order valence-corrected chi connectivity index (χ0v) is 13.8. The van der Waals surface area contributed by atoms with Crippen molar-refractivity contribution >= 4 is 24.0 Å². The van der Waals surface area contributed by atoms with Crippen LogP contribution in [0.5, 0.6) is 0 Å². The second kappa shape index (κ2) is 10.0. The van der Waals surface area contributed by atoms with Gasteiger partial charge in [0.15, 0.2) is 5.84 Å². The van der Waals surface area contributed by atoms with Crippen molar-refractivity contribution < 1.29 is 14.7 Å². The average Bonchev–Trinajstić information content (AvgIpc) is 2.66. The minimum atomic E-state index is -0.157. The van der Waals surface area contributed by atoms with Crippen LogP contribution in [-0.2, 0) is 16.1 Å². The molecule has 0 fully saturated rings. The van der Waals surface area contributed by atoms with Crippen LogP contribution in [-0.4, -0.2) is 42.2 Å². The lowest BCUT2D eigenvalue weighted by atomic mass is 10.1. The number of aliphatic hydroxyl groups excluding tert-OH is 1. The van der Waals surface area contributed by atoms with Gasteiger partial charge in [-0.2, -0.15) is 10.2 Å². The lowest BCUT2D eigenvalue weighted by Gasteiger charge is -2.10. The molecule has 0 saturated carbocycles. The fourth-order valence-electron chi connectivity index (χ4n) is 2.13. The van der Waals surface area contributed by atoms with Crippen molar-refractivity contribution in [1.82, 2.24) is 21.5 Å². The number of carbonyl (C=O) groups is 2. The lowest BCUT2D eigenvalue weighted by Crippen LogP contribution is -2.28. The maximum atomic E-state index is 11.8. The molecule has 0 spiro atoms. The fourth-order valence-corrected chi connectivity index (χ4v) is 2.13. The highest BCUT2D eigenvalue weighted by Gasteiger charge is 2.07. The van der Waals surface area contributed by atoms with Gasteiger partial charge in [0.25, 0.3) is 0 Å². The van der Waals surface area contributed by atoms with Gasteiger partial charge in [0.2, 0.25) is 11.8 Å². The van der Waals surface area contributed by atoms with E-state index < -0.39 is 0 Å².